The SMILES string of the molecule is O=c1[nH]c(CSc2ccc(F)cc2F)nc2ccc(Cl)cc12. The summed E-state index contributed by atoms with van der Waals surface area (Å²) in [5.74, 6) is -0.597. The molecule has 0 unspecified atom stereocenters. The maximum Gasteiger partial charge on any atom is 0.258 e. The highest BCUT2D eigenvalue weighted by atomic mass is 35.5. The van der Waals surface area contributed by atoms with Gasteiger partial charge in [0.25, 0.3) is 5.56 Å². The van der Waals surface area contributed by atoms with Crippen LogP contribution in [-0.4, -0.2) is 9.97 Å². The Kier molecular flexibility index (Phi) is 4.13. The standard InChI is InChI=1S/C15H9ClF2N2OS/c16-8-1-3-12-10(5-8)15(21)20-14(19-12)7-22-13-4-2-9(17)6-11(13)18/h1-6H,7H2,(H,19,20,21). The predicted molar refractivity (Wildman–Crippen MR) is 83.3 cm³/mol. The van der Waals surface area contributed by atoms with Crippen LogP contribution >= 0.6 is 23.4 Å². The van der Waals surface area contributed by atoms with Crippen molar-refractivity contribution in [3.8, 4) is 0 Å². The Bertz CT molecular complexity index is 914. The monoisotopic (exact) mass is 338 g/mol. The third-order valence-electron chi connectivity index (χ3n) is 2.97. The van der Waals surface area contributed by atoms with Gasteiger partial charge in [0.15, 0.2) is 0 Å². The summed E-state index contributed by atoms with van der Waals surface area (Å²) in [5.41, 5.74) is 0.214. The van der Waals surface area contributed by atoms with Crippen LogP contribution in [0.2, 0.25) is 5.02 Å². The van der Waals surface area contributed by atoms with E-state index in [1.165, 1.54) is 12.1 Å². The number of nitrogens with zero attached hydrogens (tertiary/aromatic N) is 1. The molecule has 0 saturated carbocycles. The third kappa shape index (κ3) is 3.13. The van der Waals surface area contributed by atoms with Gasteiger partial charge >= 0.3 is 0 Å². The fourth-order valence-corrected chi connectivity index (χ4v) is 2.93. The average Bonchev–Trinajstić information content (AvgIpc) is 2.47. The lowest BCUT2D eigenvalue weighted by molar-refractivity contribution is 0.565. The van der Waals surface area contributed by atoms with Crippen molar-refractivity contribution >= 4 is 34.3 Å². The molecule has 0 aliphatic heterocycles. The van der Waals surface area contributed by atoms with Crippen molar-refractivity contribution in [2.24, 2.45) is 0 Å². The molecule has 0 amide bonds. The lowest BCUT2D eigenvalue weighted by Gasteiger charge is -2.05. The summed E-state index contributed by atoms with van der Waals surface area (Å²) in [5, 5.41) is 0.851. The van der Waals surface area contributed by atoms with Gasteiger partial charge in [0, 0.05) is 16.0 Å². The Balaban J connectivity index is 1.88. The highest BCUT2D eigenvalue weighted by molar-refractivity contribution is 7.98. The second kappa shape index (κ2) is 6.06. The highest BCUT2D eigenvalue weighted by Crippen LogP contribution is 2.25. The molecular formula is C15H9ClF2N2OS. The summed E-state index contributed by atoms with van der Waals surface area (Å²) < 4.78 is 26.4. The van der Waals surface area contributed by atoms with Crippen LogP contribution in [0.5, 0.6) is 0 Å². The number of halogens is 3. The van der Waals surface area contributed by atoms with Crippen LogP contribution < -0.4 is 5.56 Å². The van der Waals surface area contributed by atoms with Crippen LogP contribution in [0, 0.1) is 11.6 Å². The number of nitrogens with one attached hydrogen (secondary N) is 1. The average molecular weight is 339 g/mol. The molecule has 1 heterocycles. The molecule has 3 nitrogen and oxygen atoms in total. The van der Waals surface area contributed by atoms with Crippen molar-refractivity contribution in [2.75, 3.05) is 0 Å². The first-order valence-electron chi connectivity index (χ1n) is 6.29. The number of benzene rings is 2. The van der Waals surface area contributed by atoms with Crippen molar-refractivity contribution in [2.45, 2.75) is 10.6 Å². The smallest absolute Gasteiger partial charge is 0.258 e. The van der Waals surface area contributed by atoms with Gasteiger partial charge in [-0.05, 0) is 30.3 Å². The quantitative estimate of drug-likeness (QED) is 0.730. The summed E-state index contributed by atoms with van der Waals surface area (Å²) in [6.07, 6.45) is 0. The van der Waals surface area contributed by atoms with E-state index in [1.807, 2.05) is 0 Å². The van der Waals surface area contributed by atoms with E-state index in [2.05, 4.69) is 9.97 Å². The van der Waals surface area contributed by atoms with Gasteiger partial charge in [0.05, 0.1) is 16.7 Å². The van der Waals surface area contributed by atoms with E-state index in [0.29, 0.717) is 26.6 Å². The second-order valence-corrected chi connectivity index (χ2v) is 5.99. The van der Waals surface area contributed by atoms with Crippen LogP contribution in [0.1, 0.15) is 5.82 Å². The van der Waals surface area contributed by atoms with E-state index in [-0.39, 0.29) is 11.3 Å². The molecule has 0 spiro atoms. The first-order chi connectivity index (χ1) is 10.5. The minimum atomic E-state index is -0.639. The molecule has 3 rings (SSSR count). The number of aromatic amines is 1. The van der Waals surface area contributed by atoms with Crippen molar-refractivity contribution in [1.82, 2.24) is 9.97 Å². The van der Waals surface area contributed by atoms with Gasteiger partial charge in [0.2, 0.25) is 0 Å². The number of H-pyrrole nitrogens is 1. The van der Waals surface area contributed by atoms with Gasteiger partial charge in [-0.25, -0.2) is 13.8 Å². The van der Waals surface area contributed by atoms with Gasteiger partial charge in [0.1, 0.15) is 17.5 Å². The van der Waals surface area contributed by atoms with E-state index in [0.717, 1.165) is 17.8 Å². The molecular weight excluding hydrogens is 330 g/mol. The lowest BCUT2D eigenvalue weighted by Crippen LogP contribution is -2.11. The van der Waals surface area contributed by atoms with Gasteiger partial charge in [-0.1, -0.05) is 11.6 Å². The van der Waals surface area contributed by atoms with Crippen LogP contribution in [0.4, 0.5) is 8.78 Å². The maximum atomic E-state index is 13.6. The second-order valence-electron chi connectivity index (χ2n) is 4.54. The number of rotatable bonds is 3. The molecule has 0 radical (unpaired) electrons. The van der Waals surface area contributed by atoms with Gasteiger partial charge < -0.3 is 4.98 Å². The molecule has 0 bridgehead atoms. The molecule has 1 N–H and O–H groups in total. The summed E-state index contributed by atoms with van der Waals surface area (Å²) in [6, 6.07) is 8.20. The molecule has 112 valence electrons. The Morgan fingerprint density at radius 3 is 2.77 bits per heavy atom. The fraction of sp³-hybridized carbons (Fsp3) is 0.0667. The summed E-state index contributed by atoms with van der Waals surface area (Å²) in [6.45, 7) is 0. The lowest BCUT2D eigenvalue weighted by atomic mass is 10.2. The molecule has 0 aliphatic rings. The molecule has 7 heteroatoms. The minimum absolute atomic E-state index is 0.260. The fourth-order valence-electron chi connectivity index (χ4n) is 1.97. The van der Waals surface area contributed by atoms with E-state index in [4.69, 9.17) is 11.6 Å². The number of hydrogen-bond acceptors (Lipinski definition) is 3. The molecule has 0 atom stereocenters. The maximum absolute atomic E-state index is 13.6. The van der Waals surface area contributed by atoms with Crippen LogP contribution in [0.25, 0.3) is 10.9 Å². The number of aromatic nitrogens is 2. The highest BCUT2D eigenvalue weighted by Gasteiger charge is 2.08. The molecule has 2 aromatic carbocycles. The zero-order valence-electron chi connectivity index (χ0n) is 11.1. The normalized spacial score (nSPS) is 11.0. The Labute approximate surface area is 133 Å². The zero-order valence-corrected chi connectivity index (χ0v) is 12.6. The zero-order chi connectivity index (χ0) is 15.7. The molecule has 0 saturated heterocycles. The summed E-state index contributed by atoms with van der Waals surface area (Å²) in [4.78, 5) is 19.2. The number of thioether (sulfide) groups is 1. The van der Waals surface area contributed by atoms with Crippen LogP contribution in [0.3, 0.4) is 0 Å². The van der Waals surface area contributed by atoms with E-state index in [9.17, 15) is 13.6 Å². The Hall–Kier alpha value is -1.92. The first-order valence-corrected chi connectivity index (χ1v) is 7.65. The van der Waals surface area contributed by atoms with Crippen molar-refractivity contribution in [1.29, 1.82) is 0 Å². The van der Waals surface area contributed by atoms with Gasteiger partial charge in [-0.15, -0.1) is 11.8 Å². The molecule has 3 aromatic rings. The first kappa shape index (κ1) is 15.0. The van der Waals surface area contributed by atoms with Gasteiger partial charge in [-0.3, -0.25) is 4.79 Å². The van der Waals surface area contributed by atoms with Crippen molar-refractivity contribution < 1.29 is 8.78 Å². The molecule has 0 fully saturated rings. The third-order valence-corrected chi connectivity index (χ3v) is 4.27. The van der Waals surface area contributed by atoms with Crippen LogP contribution in [0.15, 0.2) is 46.1 Å². The molecule has 22 heavy (non-hydrogen) atoms. The summed E-state index contributed by atoms with van der Waals surface area (Å²) >= 11 is 6.97. The minimum Gasteiger partial charge on any atom is -0.309 e. The van der Waals surface area contributed by atoms with Crippen molar-refractivity contribution in [3.63, 3.8) is 0 Å². The van der Waals surface area contributed by atoms with Gasteiger partial charge in [-0.2, -0.15) is 0 Å². The molecule has 1 aromatic heterocycles. The van der Waals surface area contributed by atoms with E-state index < -0.39 is 11.6 Å². The summed E-state index contributed by atoms with van der Waals surface area (Å²) in [7, 11) is 0. The van der Waals surface area contributed by atoms with E-state index in [1.54, 1.807) is 18.2 Å². The number of fused-ring (bicyclic) bond motifs is 1. The molecule has 0 aliphatic carbocycles. The largest absolute Gasteiger partial charge is 0.309 e. The van der Waals surface area contributed by atoms with Crippen LogP contribution in [-0.2, 0) is 5.75 Å². The Morgan fingerprint density at radius 1 is 1.18 bits per heavy atom. The van der Waals surface area contributed by atoms with E-state index >= 15 is 0 Å². The predicted octanol–water partition coefficient (Wildman–Crippen LogP) is 4.15. The van der Waals surface area contributed by atoms with Crippen molar-refractivity contribution in [3.05, 3.63) is 69.2 Å². The Morgan fingerprint density at radius 2 is 2.00 bits per heavy atom. The number of hydrogen-bond donors (Lipinski definition) is 1. The topological polar surface area (TPSA) is 45.8 Å².